The Kier molecular flexibility index (Phi) is 3.55. The molecule has 0 aliphatic carbocycles. The molecule has 0 saturated carbocycles. The number of nitrogen functional groups attached to an aromatic ring is 1. The molecule has 3 aromatic rings. The first kappa shape index (κ1) is 13.9. The fourth-order valence-corrected chi connectivity index (χ4v) is 2.71. The molecule has 3 nitrogen and oxygen atoms in total. The molecule has 0 bridgehead atoms. The lowest BCUT2D eigenvalue weighted by atomic mass is 10.1. The number of imidazole rings is 1. The maximum Gasteiger partial charge on any atom is 0.205 e. The van der Waals surface area contributed by atoms with E-state index < -0.39 is 5.82 Å². The van der Waals surface area contributed by atoms with Gasteiger partial charge in [-0.25, -0.2) is 9.37 Å². The Balaban J connectivity index is 2.30. The van der Waals surface area contributed by atoms with Gasteiger partial charge >= 0.3 is 0 Å². The van der Waals surface area contributed by atoms with E-state index in [1.54, 1.807) is 4.57 Å². The van der Waals surface area contributed by atoms with Gasteiger partial charge in [0.1, 0.15) is 5.82 Å². The molecule has 2 aromatic carbocycles. The van der Waals surface area contributed by atoms with Gasteiger partial charge in [-0.3, -0.25) is 4.57 Å². The summed E-state index contributed by atoms with van der Waals surface area (Å²) in [6, 6.07) is 10.8. The van der Waals surface area contributed by atoms with Gasteiger partial charge in [-0.15, -0.1) is 0 Å². The summed E-state index contributed by atoms with van der Waals surface area (Å²) in [6.45, 7) is 2.12. The maximum atomic E-state index is 13.8. The second-order valence-electron chi connectivity index (χ2n) is 4.94. The maximum absolute atomic E-state index is 13.8. The second-order valence-corrected chi connectivity index (χ2v) is 5.35. The fraction of sp³-hybridized carbons (Fsp3) is 0.188. The molecular weight excluding hydrogens is 289 g/mol. The number of hydrogen-bond donors (Lipinski definition) is 1. The SMILES string of the molecule is CCCc1ccccc1-n1c(N)nc2cc(Cl)c(F)cc21. The van der Waals surface area contributed by atoms with E-state index in [0.717, 1.165) is 24.1 Å². The van der Waals surface area contributed by atoms with Gasteiger partial charge < -0.3 is 5.73 Å². The standard InChI is InChI=1S/C16H15ClFN3/c1-2-5-10-6-3-4-7-14(10)21-15-9-12(18)11(17)8-13(15)20-16(21)19/h3-4,6-9H,2,5H2,1H3,(H2,19,20). The summed E-state index contributed by atoms with van der Waals surface area (Å²) in [5.41, 5.74) is 9.33. The number of nitrogens with zero attached hydrogens (tertiary/aromatic N) is 2. The number of aryl methyl sites for hydroxylation is 1. The third-order valence-electron chi connectivity index (χ3n) is 3.47. The Bertz CT molecular complexity index is 811. The van der Waals surface area contributed by atoms with Crippen LogP contribution in [-0.2, 0) is 6.42 Å². The van der Waals surface area contributed by atoms with Gasteiger partial charge in [-0.05, 0) is 24.1 Å². The van der Waals surface area contributed by atoms with Crippen molar-refractivity contribution in [1.29, 1.82) is 0 Å². The molecule has 5 heteroatoms. The van der Waals surface area contributed by atoms with E-state index in [0.29, 0.717) is 17.0 Å². The summed E-state index contributed by atoms with van der Waals surface area (Å²) in [5, 5.41) is 0.0500. The molecule has 0 aliphatic heterocycles. The van der Waals surface area contributed by atoms with Crippen LogP contribution in [0.5, 0.6) is 0 Å². The highest BCUT2D eigenvalue weighted by molar-refractivity contribution is 6.31. The van der Waals surface area contributed by atoms with Crippen LogP contribution < -0.4 is 5.73 Å². The number of nitrogens with two attached hydrogens (primary N) is 1. The van der Waals surface area contributed by atoms with Crippen molar-refractivity contribution in [3.05, 3.63) is 52.8 Å². The van der Waals surface area contributed by atoms with Gasteiger partial charge in [-0.1, -0.05) is 43.1 Å². The summed E-state index contributed by atoms with van der Waals surface area (Å²) in [6.07, 6.45) is 1.94. The molecule has 1 heterocycles. The number of anilines is 1. The molecule has 0 aliphatic rings. The van der Waals surface area contributed by atoms with Crippen LogP contribution >= 0.6 is 11.6 Å². The Hall–Kier alpha value is -2.07. The number of hydrogen-bond acceptors (Lipinski definition) is 2. The van der Waals surface area contributed by atoms with Crippen molar-refractivity contribution >= 4 is 28.6 Å². The average molecular weight is 304 g/mol. The van der Waals surface area contributed by atoms with Crippen molar-refractivity contribution in [3.8, 4) is 5.69 Å². The van der Waals surface area contributed by atoms with Crippen LogP contribution in [0.2, 0.25) is 5.02 Å². The second kappa shape index (κ2) is 5.37. The van der Waals surface area contributed by atoms with Gasteiger partial charge in [0.05, 0.1) is 21.7 Å². The van der Waals surface area contributed by atoms with Crippen molar-refractivity contribution in [2.45, 2.75) is 19.8 Å². The molecule has 2 N–H and O–H groups in total. The van der Waals surface area contributed by atoms with Crippen LogP contribution in [0.4, 0.5) is 10.3 Å². The van der Waals surface area contributed by atoms with Gasteiger partial charge in [0.15, 0.2) is 0 Å². The first-order valence-corrected chi connectivity index (χ1v) is 7.21. The zero-order chi connectivity index (χ0) is 15.0. The summed E-state index contributed by atoms with van der Waals surface area (Å²) in [4.78, 5) is 4.28. The topological polar surface area (TPSA) is 43.8 Å². The normalized spacial score (nSPS) is 11.2. The first-order valence-electron chi connectivity index (χ1n) is 6.83. The van der Waals surface area contributed by atoms with E-state index in [2.05, 4.69) is 18.0 Å². The summed E-state index contributed by atoms with van der Waals surface area (Å²) in [5.74, 6) is -0.145. The fourth-order valence-electron chi connectivity index (χ4n) is 2.55. The highest BCUT2D eigenvalue weighted by Gasteiger charge is 2.15. The van der Waals surface area contributed by atoms with Crippen LogP contribution in [0.15, 0.2) is 36.4 Å². The minimum Gasteiger partial charge on any atom is -0.369 e. The van der Waals surface area contributed by atoms with Crippen LogP contribution in [0.25, 0.3) is 16.7 Å². The van der Waals surface area contributed by atoms with E-state index in [4.69, 9.17) is 17.3 Å². The number of benzene rings is 2. The molecule has 0 amide bonds. The number of halogens is 2. The van der Waals surface area contributed by atoms with E-state index in [9.17, 15) is 4.39 Å². The molecule has 108 valence electrons. The minimum atomic E-state index is -0.474. The number of rotatable bonds is 3. The smallest absolute Gasteiger partial charge is 0.205 e. The van der Waals surface area contributed by atoms with E-state index in [1.165, 1.54) is 12.1 Å². The van der Waals surface area contributed by atoms with Gasteiger partial charge in [0.25, 0.3) is 0 Å². The Labute approximate surface area is 127 Å². The third kappa shape index (κ3) is 2.36. The zero-order valence-corrected chi connectivity index (χ0v) is 12.4. The monoisotopic (exact) mass is 303 g/mol. The van der Waals surface area contributed by atoms with Gasteiger partial charge in [0.2, 0.25) is 5.95 Å². The highest BCUT2D eigenvalue weighted by atomic mass is 35.5. The van der Waals surface area contributed by atoms with Crippen molar-refractivity contribution in [2.24, 2.45) is 0 Å². The largest absolute Gasteiger partial charge is 0.369 e. The Morgan fingerprint density at radius 2 is 2.05 bits per heavy atom. The van der Waals surface area contributed by atoms with Gasteiger partial charge in [0, 0.05) is 6.07 Å². The number of para-hydroxylation sites is 1. The van der Waals surface area contributed by atoms with E-state index in [-0.39, 0.29) is 5.02 Å². The van der Waals surface area contributed by atoms with Crippen LogP contribution in [0.3, 0.4) is 0 Å². The highest BCUT2D eigenvalue weighted by Crippen LogP contribution is 2.29. The Morgan fingerprint density at radius 1 is 1.29 bits per heavy atom. The van der Waals surface area contributed by atoms with Crippen molar-refractivity contribution in [2.75, 3.05) is 5.73 Å². The predicted octanol–water partition coefficient (Wildman–Crippen LogP) is 4.35. The molecule has 3 rings (SSSR count). The number of aromatic nitrogens is 2. The molecule has 21 heavy (non-hydrogen) atoms. The molecule has 0 atom stereocenters. The number of fused-ring (bicyclic) bond motifs is 1. The molecule has 0 fully saturated rings. The van der Waals surface area contributed by atoms with Crippen molar-refractivity contribution < 1.29 is 4.39 Å². The van der Waals surface area contributed by atoms with Crippen LogP contribution in [-0.4, -0.2) is 9.55 Å². The average Bonchev–Trinajstić information content (AvgIpc) is 2.76. The summed E-state index contributed by atoms with van der Waals surface area (Å²) < 4.78 is 15.6. The van der Waals surface area contributed by atoms with Gasteiger partial charge in [-0.2, -0.15) is 0 Å². The minimum absolute atomic E-state index is 0.0500. The quantitative estimate of drug-likeness (QED) is 0.781. The van der Waals surface area contributed by atoms with Crippen molar-refractivity contribution in [3.63, 3.8) is 0 Å². The van der Waals surface area contributed by atoms with Crippen LogP contribution in [0.1, 0.15) is 18.9 Å². The zero-order valence-electron chi connectivity index (χ0n) is 11.6. The first-order chi connectivity index (χ1) is 10.1. The lowest BCUT2D eigenvalue weighted by Crippen LogP contribution is -2.04. The van der Waals surface area contributed by atoms with E-state index in [1.807, 2.05) is 18.2 Å². The lowest BCUT2D eigenvalue weighted by molar-refractivity contribution is 0.629. The lowest BCUT2D eigenvalue weighted by Gasteiger charge is -2.12. The molecule has 0 radical (unpaired) electrons. The summed E-state index contributed by atoms with van der Waals surface area (Å²) >= 11 is 5.81. The van der Waals surface area contributed by atoms with Crippen molar-refractivity contribution in [1.82, 2.24) is 9.55 Å². The Morgan fingerprint density at radius 3 is 2.81 bits per heavy atom. The van der Waals surface area contributed by atoms with E-state index >= 15 is 0 Å². The van der Waals surface area contributed by atoms with Crippen LogP contribution in [0, 0.1) is 5.82 Å². The molecular formula is C16H15ClFN3. The molecule has 0 spiro atoms. The molecule has 0 unspecified atom stereocenters. The molecule has 0 saturated heterocycles. The predicted molar refractivity (Wildman–Crippen MR) is 84.4 cm³/mol. The molecule has 1 aromatic heterocycles. The third-order valence-corrected chi connectivity index (χ3v) is 3.76. The summed E-state index contributed by atoms with van der Waals surface area (Å²) in [7, 11) is 0.